The summed E-state index contributed by atoms with van der Waals surface area (Å²) in [7, 11) is 0. The van der Waals surface area contributed by atoms with Crippen LogP contribution < -0.4 is 5.32 Å². The Kier molecular flexibility index (Phi) is 5.49. The average molecular weight is 285 g/mol. The van der Waals surface area contributed by atoms with Gasteiger partial charge < -0.3 is 15.5 Å². The molecule has 0 aromatic heterocycles. The second-order valence-corrected chi connectivity index (χ2v) is 4.88. The first-order valence-corrected chi connectivity index (χ1v) is 6.93. The van der Waals surface area contributed by atoms with Crippen LogP contribution in [0.15, 0.2) is 60.7 Å². The third-order valence-electron chi connectivity index (χ3n) is 3.25. The molecule has 2 aromatic carbocycles. The second-order valence-electron chi connectivity index (χ2n) is 4.88. The Morgan fingerprint density at radius 3 is 2.14 bits per heavy atom. The molecule has 0 heterocycles. The number of nitrogens with one attached hydrogen (secondary N) is 1. The number of rotatable bonds is 6. The van der Waals surface area contributed by atoms with E-state index in [0.717, 1.165) is 5.56 Å². The van der Waals surface area contributed by atoms with E-state index in [0.29, 0.717) is 18.4 Å². The molecule has 3 N–H and O–H groups in total. The van der Waals surface area contributed by atoms with Gasteiger partial charge in [0.25, 0.3) is 5.91 Å². The van der Waals surface area contributed by atoms with Crippen molar-refractivity contribution >= 4 is 5.91 Å². The Balaban J connectivity index is 1.82. The highest BCUT2D eigenvalue weighted by molar-refractivity contribution is 5.94. The highest BCUT2D eigenvalue weighted by Gasteiger charge is 2.18. The molecule has 0 saturated heterocycles. The zero-order valence-electron chi connectivity index (χ0n) is 11.6. The van der Waals surface area contributed by atoms with E-state index in [1.54, 1.807) is 24.3 Å². The Morgan fingerprint density at radius 2 is 1.52 bits per heavy atom. The van der Waals surface area contributed by atoms with Crippen molar-refractivity contribution in [2.75, 3.05) is 0 Å². The fourth-order valence-electron chi connectivity index (χ4n) is 2.02. The average Bonchev–Trinajstić information content (AvgIpc) is 2.54. The van der Waals surface area contributed by atoms with Gasteiger partial charge in [-0.05, 0) is 30.5 Å². The summed E-state index contributed by atoms with van der Waals surface area (Å²) in [5.41, 5.74) is 1.53. The van der Waals surface area contributed by atoms with Crippen molar-refractivity contribution < 1.29 is 15.0 Å². The first-order chi connectivity index (χ1) is 10.2. The van der Waals surface area contributed by atoms with E-state index in [9.17, 15) is 15.0 Å². The van der Waals surface area contributed by atoms with Gasteiger partial charge in [0.1, 0.15) is 0 Å². The Labute approximate surface area is 124 Å². The van der Waals surface area contributed by atoms with Gasteiger partial charge in [-0.15, -0.1) is 0 Å². The number of hydrogen-bond donors (Lipinski definition) is 3. The van der Waals surface area contributed by atoms with Gasteiger partial charge in [0.05, 0.1) is 6.10 Å². The molecule has 0 aliphatic rings. The van der Waals surface area contributed by atoms with Gasteiger partial charge in [0.2, 0.25) is 0 Å². The largest absolute Gasteiger partial charge is 0.388 e. The lowest BCUT2D eigenvalue weighted by Crippen LogP contribution is -2.43. The predicted octanol–water partition coefficient (Wildman–Crippen LogP) is 1.73. The third-order valence-corrected chi connectivity index (χ3v) is 3.25. The zero-order chi connectivity index (χ0) is 15.1. The van der Waals surface area contributed by atoms with E-state index in [1.807, 2.05) is 36.4 Å². The molecule has 0 aliphatic heterocycles. The standard InChI is InChI=1S/C17H19NO3/c19-15(12-11-13-7-3-1-4-8-13)17(21)18-16(20)14-9-5-2-6-10-14/h1-10,15,17,19,21H,11-12H2,(H,18,20). The van der Waals surface area contributed by atoms with Crippen LogP contribution in [0.4, 0.5) is 0 Å². The van der Waals surface area contributed by atoms with E-state index >= 15 is 0 Å². The molecule has 0 saturated carbocycles. The molecule has 110 valence electrons. The molecule has 0 bridgehead atoms. The molecule has 0 radical (unpaired) electrons. The van der Waals surface area contributed by atoms with Crippen molar-refractivity contribution in [1.82, 2.24) is 5.32 Å². The lowest BCUT2D eigenvalue weighted by atomic mass is 10.1. The lowest BCUT2D eigenvalue weighted by molar-refractivity contribution is -0.00338. The molecule has 2 aromatic rings. The molecule has 0 aliphatic carbocycles. The minimum atomic E-state index is -1.28. The molecule has 1 amide bonds. The topological polar surface area (TPSA) is 69.6 Å². The number of carbonyl (C=O) groups is 1. The Morgan fingerprint density at radius 1 is 0.952 bits per heavy atom. The van der Waals surface area contributed by atoms with Crippen LogP contribution >= 0.6 is 0 Å². The van der Waals surface area contributed by atoms with Gasteiger partial charge >= 0.3 is 0 Å². The Hall–Kier alpha value is -2.17. The number of carbonyl (C=O) groups excluding carboxylic acids is 1. The molecule has 2 unspecified atom stereocenters. The molecular formula is C17H19NO3. The van der Waals surface area contributed by atoms with E-state index < -0.39 is 18.2 Å². The number of benzene rings is 2. The smallest absolute Gasteiger partial charge is 0.253 e. The summed E-state index contributed by atoms with van der Waals surface area (Å²) in [6.07, 6.45) is -1.26. The minimum absolute atomic E-state index is 0.375. The van der Waals surface area contributed by atoms with Crippen molar-refractivity contribution in [2.45, 2.75) is 25.2 Å². The summed E-state index contributed by atoms with van der Waals surface area (Å²) < 4.78 is 0. The fraction of sp³-hybridized carbons (Fsp3) is 0.235. The van der Waals surface area contributed by atoms with Crippen LogP contribution in [-0.4, -0.2) is 28.5 Å². The van der Waals surface area contributed by atoms with Crippen LogP contribution in [0.5, 0.6) is 0 Å². The number of aryl methyl sites for hydroxylation is 1. The highest BCUT2D eigenvalue weighted by atomic mass is 16.3. The second kappa shape index (κ2) is 7.57. The van der Waals surface area contributed by atoms with Gasteiger partial charge in [-0.1, -0.05) is 48.5 Å². The van der Waals surface area contributed by atoms with E-state index in [2.05, 4.69) is 5.32 Å². The van der Waals surface area contributed by atoms with E-state index in [4.69, 9.17) is 0 Å². The van der Waals surface area contributed by atoms with E-state index in [-0.39, 0.29) is 0 Å². The third kappa shape index (κ3) is 4.70. The lowest BCUT2D eigenvalue weighted by Gasteiger charge is -2.19. The first-order valence-electron chi connectivity index (χ1n) is 6.93. The zero-order valence-corrected chi connectivity index (χ0v) is 11.6. The monoisotopic (exact) mass is 285 g/mol. The summed E-state index contributed by atoms with van der Waals surface area (Å²) in [4.78, 5) is 11.9. The van der Waals surface area contributed by atoms with Crippen molar-refractivity contribution in [3.8, 4) is 0 Å². The number of aliphatic hydroxyl groups excluding tert-OH is 2. The molecule has 0 spiro atoms. The first kappa shape index (κ1) is 15.2. The number of hydrogen-bond acceptors (Lipinski definition) is 3. The van der Waals surface area contributed by atoms with Crippen LogP contribution in [0.3, 0.4) is 0 Å². The van der Waals surface area contributed by atoms with Crippen LogP contribution in [0, 0.1) is 0 Å². The van der Waals surface area contributed by atoms with E-state index in [1.165, 1.54) is 0 Å². The van der Waals surface area contributed by atoms with Gasteiger partial charge in [0.15, 0.2) is 6.23 Å². The van der Waals surface area contributed by atoms with Crippen molar-refractivity contribution in [2.24, 2.45) is 0 Å². The van der Waals surface area contributed by atoms with Crippen LogP contribution in [0.1, 0.15) is 22.3 Å². The van der Waals surface area contributed by atoms with Crippen LogP contribution in [0.25, 0.3) is 0 Å². The Bertz CT molecular complexity index is 557. The molecule has 4 heteroatoms. The minimum Gasteiger partial charge on any atom is -0.388 e. The van der Waals surface area contributed by atoms with Gasteiger partial charge in [-0.2, -0.15) is 0 Å². The summed E-state index contributed by atoms with van der Waals surface area (Å²) in [6.45, 7) is 0. The highest BCUT2D eigenvalue weighted by Crippen LogP contribution is 2.07. The fourth-order valence-corrected chi connectivity index (χ4v) is 2.02. The van der Waals surface area contributed by atoms with Gasteiger partial charge in [-0.25, -0.2) is 0 Å². The molecule has 21 heavy (non-hydrogen) atoms. The van der Waals surface area contributed by atoms with Crippen LogP contribution in [0.2, 0.25) is 0 Å². The number of aliphatic hydroxyl groups is 2. The van der Waals surface area contributed by atoms with Crippen molar-refractivity contribution in [1.29, 1.82) is 0 Å². The summed E-state index contributed by atoms with van der Waals surface area (Å²) >= 11 is 0. The maximum Gasteiger partial charge on any atom is 0.253 e. The summed E-state index contributed by atoms with van der Waals surface area (Å²) in [5, 5.41) is 22.2. The normalized spacial score (nSPS) is 13.4. The quantitative estimate of drug-likeness (QED) is 0.708. The number of amides is 1. The van der Waals surface area contributed by atoms with Gasteiger partial charge in [-0.3, -0.25) is 4.79 Å². The predicted molar refractivity (Wildman–Crippen MR) is 80.7 cm³/mol. The SMILES string of the molecule is O=C(NC(O)C(O)CCc1ccccc1)c1ccccc1. The van der Waals surface area contributed by atoms with Crippen molar-refractivity contribution in [3.05, 3.63) is 71.8 Å². The molecule has 0 fully saturated rings. The molecular weight excluding hydrogens is 266 g/mol. The molecule has 4 nitrogen and oxygen atoms in total. The molecule has 2 rings (SSSR count). The summed E-state index contributed by atoms with van der Waals surface area (Å²) in [6, 6.07) is 18.3. The summed E-state index contributed by atoms with van der Waals surface area (Å²) in [5.74, 6) is -0.401. The van der Waals surface area contributed by atoms with Gasteiger partial charge in [0, 0.05) is 5.56 Å². The maximum atomic E-state index is 11.9. The van der Waals surface area contributed by atoms with Crippen LogP contribution in [-0.2, 0) is 6.42 Å². The van der Waals surface area contributed by atoms with Crippen molar-refractivity contribution in [3.63, 3.8) is 0 Å². The maximum absolute atomic E-state index is 11.9. The molecule has 2 atom stereocenters.